The number of rotatable bonds is 3. The Morgan fingerprint density at radius 2 is 1.79 bits per heavy atom. The molecule has 3 heteroatoms. The van der Waals surface area contributed by atoms with Crippen molar-refractivity contribution in [2.45, 2.75) is 26.3 Å². The number of ketones is 1. The molecule has 1 aliphatic rings. The first-order valence-corrected chi connectivity index (χ1v) is 6.94. The minimum Gasteiger partial charge on any atom is -0.303 e. The topological polar surface area (TPSA) is 23.6 Å². The van der Waals surface area contributed by atoms with Crippen LogP contribution >= 0.6 is 0 Å². The van der Waals surface area contributed by atoms with Gasteiger partial charge in [-0.3, -0.25) is 9.69 Å². The summed E-state index contributed by atoms with van der Waals surface area (Å²) in [6.07, 6.45) is 0.547. The van der Waals surface area contributed by atoms with E-state index in [-0.39, 0.29) is 6.04 Å². The maximum Gasteiger partial charge on any atom is 0.155 e. The SMILES string of the molecule is Cc1cc(C)cc(CC(=O)C2CN(C)CCN2C)c1. The molecular weight excluding hydrogens is 236 g/mol. The zero-order valence-corrected chi connectivity index (χ0v) is 12.4. The van der Waals surface area contributed by atoms with Crippen molar-refractivity contribution in [2.75, 3.05) is 33.7 Å². The highest BCUT2D eigenvalue weighted by atomic mass is 16.1. The van der Waals surface area contributed by atoms with Crippen LogP contribution in [-0.4, -0.2) is 55.4 Å². The molecule has 0 aromatic heterocycles. The van der Waals surface area contributed by atoms with Crippen LogP contribution in [0, 0.1) is 13.8 Å². The quantitative estimate of drug-likeness (QED) is 0.826. The lowest BCUT2D eigenvalue weighted by molar-refractivity contribution is -0.125. The summed E-state index contributed by atoms with van der Waals surface area (Å²) >= 11 is 0. The molecule has 0 spiro atoms. The highest BCUT2D eigenvalue weighted by Crippen LogP contribution is 2.13. The number of nitrogens with zero attached hydrogens (tertiary/aromatic N) is 2. The molecule has 0 saturated carbocycles. The molecule has 1 saturated heterocycles. The van der Waals surface area contributed by atoms with Crippen molar-refractivity contribution in [3.8, 4) is 0 Å². The fraction of sp³-hybridized carbons (Fsp3) is 0.562. The number of carbonyl (C=O) groups is 1. The van der Waals surface area contributed by atoms with Crippen LogP contribution < -0.4 is 0 Å². The van der Waals surface area contributed by atoms with Crippen molar-refractivity contribution >= 4 is 5.78 Å². The summed E-state index contributed by atoms with van der Waals surface area (Å²) in [5, 5.41) is 0. The Morgan fingerprint density at radius 1 is 1.16 bits per heavy atom. The summed E-state index contributed by atoms with van der Waals surface area (Å²) in [6, 6.07) is 6.43. The van der Waals surface area contributed by atoms with Crippen molar-refractivity contribution in [3.63, 3.8) is 0 Å². The van der Waals surface area contributed by atoms with E-state index in [1.807, 2.05) is 0 Å². The molecule has 0 radical (unpaired) electrons. The van der Waals surface area contributed by atoms with Gasteiger partial charge in [0.15, 0.2) is 5.78 Å². The van der Waals surface area contributed by atoms with Crippen LogP contribution in [0.4, 0.5) is 0 Å². The monoisotopic (exact) mass is 260 g/mol. The van der Waals surface area contributed by atoms with E-state index in [1.165, 1.54) is 11.1 Å². The average Bonchev–Trinajstić information content (AvgIpc) is 2.30. The molecular formula is C16H24N2O. The second-order valence-corrected chi connectivity index (χ2v) is 5.90. The van der Waals surface area contributed by atoms with Crippen molar-refractivity contribution in [3.05, 3.63) is 34.9 Å². The standard InChI is InChI=1S/C16H24N2O/c1-12-7-13(2)9-14(8-12)10-16(19)15-11-17(3)5-6-18(15)4/h7-9,15H,5-6,10-11H2,1-4H3. The van der Waals surface area contributed by atoms with Gasteiger partial charge in [0.2, 0.25) is 0 Å². The van der Waals surface area contributed by atoms with Gasteiger partial charge in [-0.2, -0.15) is 0 Å². The van der Waals surface area contributed by atoms with Gasteiger partial charge in [0.25, 0.3) is 0 Å². The predicted octanol–water partition coefficient (Wildman–Crippen LogP) is 1.66. The fourth-order valence-electron chi connectivity index (χ4n) is 2.85. The Kier molecular flexibility index (Phi) is 4.38. The van der Waals surface area contributed by atoms with E-state index in [0.29, 0.717) is 12.2 Å². The van der Waals surface area contributed by atoms with E-state index in [4.69, 9.17) is 0 Å². The normalized spacial score (nSPS) is 21.6. The minimum absolute atomic E-state index is 0.0413. The van der Waals surface area contributed by atoms with Gasteiger partial charge in [-0.05, 0) is 33.5 Å². The third-order valence-corrected chi connectivity index (χ3v) is 3.88. The molecule has 1 aromatic carbocycles. The van der Waals surface area contributed by atoms with E-state index >= 15 is 0 Å². The summed E-state index contributed by atoms with van der Waals surface area (Å²) in [6.45, 7) is 7.03. The van der Waals surface area contributed by atoms with E-state index in [1.54, 1.807) is 0 Å². The van der Waals surface area contributed by atoms with Crippen LogP contribution in [-0.2, 0) is 11.2 Å². The number of hydrogen-bond acceptors (Lipinski definition) is 3. The maximum absolute atomic E-state index is 12.5. The van der Waals surface area contributed by atoms with Gasteiger partial charge in [-0.25, -0.2) is 0 Å². The van der Waals surface area contributed by atoms with Gasteiger partial charge in [-0.1, -0.05) is 29.3 Å². The third-order valence-electron chi connectivity index (χ3n) is 3.88. The Bertz CT molecular complexity index is 450. The van der Waals surface area contributed by atoms with Gasteiger partial charge < -0.3 is 4.90 Å². The molecule has 0 bridgehead atoms. The molecule has 1 unspecified atom stereocenters. The minimum atomic E-state index is 0.0413. The first-order chi connectivity index (χ1) is 8.95. The fourth-order valence-corrected chi connectivity index (χ4v) is 2.85. The Hall–Kier alpha value is -1.19. The molecule has 1 aliphatic heterocycles. The molecule has 104 valence electrons. The summed E-state index contributed by atoms with van der Waals surface area (Å²) in [5.41, 5.74) is 3.61. The number of carbonyl (C=O) groups excluding carboxylic acids is 1. The van der Waals surface area contributed by atoms with Crippen LogP contribution in [0.5, 0.6) is 0 Å². The number of aryl methyl sites for hydroxylation is 2. The van der Waals surface area contributed by atoms with E-state index < -0.39 is 0 Å². The number of Topliss-reactive ketones (excluding diaryl/α,β-unsaturated/α-hetero) is 1. The smallest absolute Gasteiger partial charge is 0.155 e. The third kappa shape index (κ3) is 3.64. The van der Waals surface area contributed by atoms with Gasteiger partial charge >= 0.3 is 0 Å². The lowest BCUT2D eigenvalue weighted by Gasteiger charge is -2.36. The van der Waals surface area contributed by atoms with Gasteiger partial charge in [0, 0.05) is 26.1 Å². The van der Waals surface area contributed by atoms with Gasteiger partial charge in [0.05, 0.1) is 6.04 Å². The predicted molar refractivity (Wildman–Crippen MR) is 78.5 cm³/mol. The largest absolute Gasteiger partial charge is 0.303 e. The van der Waals surface area contributed by atoms with Crippen molar-refractivity contribution in [1.82, 2.24) is 9.80 Å². The second kappa shape index (κ2) is 5.85. The molecule has 1 heterocycles. The van der Waals surface area contributed by atoms with Gasteiger partial charge in [0.1, 0.15) is 0 Å². The Labute approximate surface area is 116 Å². The molecule has 19 heavy (non-hydrogen) atoms. The lowest BCUT2D eigenvalue weighted by Crippen LogP contribution is -2.53. The number of hydrogen-bond donors (Lipinski definition) is 0. The molecule has 0 N–H and O–H groups in total. The summed E-state index contributed by atoms with van der Waals surface area (Å²) in [5.74, 6) is 0.332. The number of piperazine rings is 1. The van der Waals surface area contributed by atoms with Crippen molar-refractivity contribution < 1.29 is 4.79 Å². The zero-order chi connectivity index (χ0) is 14.0. The summed E-state index contributed by atoms with van der Waals surface area (Å²) < 4.78 is 0. The summed E-state index contributed by atoms with van der Waals surface area (Å²) in [7, 11) is 4.14. The zero-order valence-electron chi connectivity index (χ0n) is 12.4. The maximum atomic E-state index is 12.5. The molecule has 0 amide bonds. The van der Waals surface area contributed by atoms with Gasteiger partial charge in [-0.15, -0.1) is 0 Å². The first-order valence-electron chi connectivity index (χ1n) is 6.94. The molecule has 3 nitrogen and oxygen atoms in total. The molecule has 0 aliphatic carbocycles. The van der Waals surface area contributed by atoms with E-state index in [0.717, 1.165) is 25.2 Å². The lowest BCUT2D eigenvalue weighted by atomic mass is 9.98. The molecule has 2 rings (SSSR count). The van der Waals surface area contributed by atoms with Crippen LogP contribution in [0.3, 0.4) is 0 Å². The van der Waals surface area contributed by atoms with E-state index in [9.17, 15) is 4.79 Å². The van der Waals surface area contributed by atoms with Crippen LogP contribution in [0.25, 0.3) is 0 Å². The Morgan fingerprint density at radius 3 is 2.42 bits per heavy atom. The summed E-state index contributed by atoms with van der Waals surface area (Å²) in [4.78, 5) is 16.9. The second-order valence-electron chi connectivity index (χ2n) is 5.90. The van der Waals surface area contributed by atoms with Crippen molar-refractivity contribution in [1.29, 1.82) is 0 Å². The van der Waals surface area contributed by atoms with Crippen LogP contribution in [0.2, 0.25) is 0 Å². The molecule has 1 fully saturated rings. The highest BCUT2D eigenvalue weighted by molar-refractivity contribution is 5.86. The Balaban J connectivity index is 2.07. The first kappa shape index (κ1) is 14.2. The van der Waals surface area contributed by atoms with E-state index in [2.05, 4.69) is 55.9 Å². The molecule has 1 aromatic rings. The number of likely N-dealkylation sites (N-methyl/N-ethyl adjacent to an activating group) is 2. The van der Waals surface area contributed by atoms with Crippen molar-refractivity contribution in [2.24, 2.45) is 0 Å². The van der Waals surface area contributed by atoms with Crippen LogP contribution in [0.15, 0.2) is 18.2 Å². The number of benzene rings is 1. The average molecular weight is 260 g/mol. The highest BCUT2D eigenvalue weighted by Gasteiger charge is 2.28. The molecule has 1 atom stereocenters. The van der Waals surface area contributed by atoms with Crippen LogP contribution in [0.1, 0.15) is 16.7 Å².